The van der Waals surface area contributed by atoms with Crippen molar-refractivity contribution in [1.82, 2.24) is 19.9 Å². The summed E-state index contributed by atoms with van der Waals surface area (Å²) in [5.74, 6) is 0.939. The number of fused-ring (bicyclic) bond motifs is 1. The normalized spacial score (nSPS) is 18.3. The summed E-state index contributed by atoms with van der Waals surface area (Å²) in [5.41, 5.74) is 3.47. The second-order valence-electron chi connectivity index (χ2n) is 6.71. The molecule has 3 aromatic heterocycles. The van der Waals surface area contributed by atoms with Crippen LogP contribution in [0.2, 0.25) is 4.34 Å². The zero-order valence-corrected chi connectivity index (χ0v) is 16.2. The fourth-order valence-electron chi connectivity index (χ4n) is 3.65. The molecule has 0 spiro atoms. The second-order valence-corrected chi connectivity index (χ2v) is 8.42. The number of ether oxygens (including phenoxy) is 1. The summed E-state index contributed by atoms with van der Waals surface area (Å²) in [5, 5.41) is 1.27. The summed E-state index contributed by atoms with van der Waals surface area (Å²) in [6, 6.07) is 12.5. The molecule has 4 heterocycles. The van der Waals surface area contributed by atoms with Crippen LogP contribution in [0.25, 0.3) is 21.5 Å². The first kappa shape index (κ1) is 17.0. The average Bonchev–Trinajstić information content (AvgIpc) is 3.42. The van der Waals surface area contributed by atoms with Gasteiger partial charge < -0.3 is 14.7 Å². The molecule has 0 amide bonds. The van der Waals surface area contributed by atoms with E-state index in [4.69, 9.17) is 16.3 Å². The van der Waals surface area contributed by atoms with E-state index in [0.29, 0.717) is 6.61 Å². The first-order chi connectivity index (χ1) is 13.3. The molecule has 0 bridgehead atoms. The number of H-pyrrole nitrogens is 2. The van der Waals surface area contributed by atoms with Gasteiger partial charge in [0.05, 0.1) is 40.4 Å². The van der Waals surface area contributed by atoms with Crippen LogP contribution in [0.15, 0.2) is 48.8 Å². The Labute approximate surface area is 166 Å². The van der Waals surface area contributed by atoms with Crippen LogP contribution in [0.5, 0.6) is 0 Å². The molecule has 1 aliphatic rings. The molecule has 1 aliphatic heterocycles. The predicted octanol–water partition coefficient (Wildman–Crippen LogP) is 4.85. The number of imidazole rings is 1. The molecular weight excluding hydrogens is 380 g/mol. The van der Waals surface area contributed by atoms with Gasteiger partial charge in [-0.05, 0) is 23.8 Å². The minimum atomic E-state index is 0.108. The van der Waals surface area contributed by atoms with Gasteiger partial charge in [0.15, 0.2) is 0 Å². The number of hydrogen-bond donors (Lipinski definition) is 2. The van der Waals surface area contributed by atoms with Crippen LogP contribution in [0.1, 0.15) is 17.4 Å². The van der Waals surface area contributed by atoms with E-state index in [-0.39, 0.29) is 6.04 Å². The molecule has 138 valence electrons. The highest BCUT2D eigenvalue weighted by atomic mass is 35.5. The first-order valence-corrected chi connectivity index (χ1v) is 10.1. The van der Waals surface area contributed by atoms with Crippen LogP contribution in [-0.4, -0.2) is 39.6 Å². The van der Waals surface area contributed by atoms with E-state index in [1.807, 2.05) is 18.3 Å². The highest BCUT2D eigenvalue weighted by molar-refractivity contribution is 7.19. The Morgan fingerprint density at radius 3 is 3.07 bits per heavy atom. The van der Waals surface area contributed by atoms with Gasteiger partial charge in [-0.25, -0.2) is 4.98 Å². The monoisotopic (exact) mass is 398 g/mol. The Morgan fingerprint density at radius 1 is 1.26 bits per heavy atom. The van der Waals surface area contributed by atoms with Crippen molar-refractivity contribution in [2.45, 2.75) is 12.6 Å². The van der Waals surface area contributed by atoms with E-state index in [9.17, 15) is 0 Å². The Bertz CT molecular complexity index is 1070. The van der Waals surface area contributed by atoms with Crippen molar-refractivity contribution in [3.8, 4) is 10.6 Å². The fourth-order valence-corrected chi connectivity index (χ4v) is 4.66. The van der Waals surface area contributed by atoms with E-state index in [1.54, 1.807) is 11.3 Å². The van der Waals surface area contributed by atoms with E-state index in [1.165, 1.54) is 16.5 Å². The van der Waals surface area contributed by atoms with Crippen molar-refractivity contribution in [2.24, 2.45) is 0 Å². The molecule has 0 unspecified atom stereocenters. The summed E-state index contributed by atoms with van der Waals surface area (Å²) >= 11 is 7.62. The summed E-state index contributed by atoms with van der Waals surface area (Å²) in [4.78, 5) is 15.0. The smallest absolute Gasteiger partial charge is 0.126 e. The minimum absolute atomic E-state index is 0.108. The number of rotatable bonds is 4. The third-order valence-corrected chi connectivity index (χ3v) is 6.30. The molecule has 5 rings (SSSR count). The number of thiophene rings is 1. The number of nitrogens with zero attached hydrogens (tertiary/aromatic N) is 2. The van der Waals surface area contributed by atoms with Gasteiger partial charge in [-0.1, -0.05) is 29.8 Å². The third-order valence-electron chi connectivity index (χ3n) is 5.04. The van der Waals surface area contributed by atoms with Crippen LogP contribution >= 0.6 is 22.9 Å². The lowest BCUT2D eigenvalue weighted by molar-refractivity contribution is -0.0154. The number of morpholine rings is 1. The third kappa shape index (κ3) is 3.30. The number of aromatic nitrogens is 3. The molecule has 1 fully saturated rings. The lowest BCUT2D eigenvalue weighted by Gasteiger charge is -2.34. The molecule has 0 radical (unpaired) electrons. The van der Waals surface area contributed by atoms with Crippen molar-refractivity contribution >= 4 is 33.8 Å². The zero-order valence-electron chi connectivity index (χ0n) is 14.6. The topological polar surface area (TPSA) is 56.9 Å². The minimum Gasteiger partial charge on any atom is -0.378 e. The molecular formula is C20H19ClN4OS. The molecule has 4 aromatic rings. The SMILES string of the molecule is Clc1ccc(-c2cnc([C@@H]3COCCN3Cc3c[nH]c4ccccc34)[nH]2)s1. The van der Waals surface area contributed by atoms with Crippen LogP contribution in [0.4, 0.5) is 0 Å². The quantitative estimate of drug-likeness (QED) is 0.516. The van der Waals surface area contributed by atoms with Gasteiger partial charge in [-0.3, -0.25) is 4.90 Å². The predicted molar refractivity (Wildman–Crippen MR) is 109 cm³/mol. The maximum Gasteiger partial charge on any atom is 0.126 e. The van der Waals surface area contributed by atoms with Gasteiger partial charge in [0, 0.05) is 30.2 Å². The molecule has 27 heavy (non-hydrogen) atoms. The summed E-state index contributed by atoms with van der Waals surface area (Å²) in [6.07, 6.45) is 3.99. The molecule has 5 nitrogen and oxygen atoms in total. The van der Waals surface area contributed by atoms with E-state index in [2.05, 4.69) is 50.3 Å². The van der Waals surface area contributed by atoms with E-state index < -0.39 is 0 Å². The average molecular weight is 399 g/mol. The van der Waals surface area contributed by atoms with Crippen molar-refractivity contribution in [2.75, 3.05) is 19.8 Å². The van der Waals surface area contributed by atoms with E-state index in [0.717, 1.165) is 40.4 Å². The number of halogens is 1. The maximum atomic E-state index is 6.07. The molecule has 1 atom stereocenters. The number of para-hydroxylation sites is 1. The van der Waals surface area contributed by atoms with Crippen LogP contribution in [-0.2, 0) is 11.3 Å². The van der Waals surface area contributed by atoms with Gasteiger partial charge in [0.25, 0.3) is 0 Å². The lowest BCUT2D eigenvalue weighted by atomic mass is 10.1. The largest absolute Gasteiger partial charge is 0.378 e. The molecule has 2 N–H and O–H groups in total. The second kappa shape index (κ2) is 7.13. The van der Waals surface area contributed by atoms with Crippen molar-refractivity contribution in [3.05, 3.63) is 64.5 Å². The molecule has 1 saturated heterocycles. The Balaban J connectivity index is 1.41. The summed E-state index contributed by atoms with van der Waals surface area (Å²) in [6.45, 7) is 3.12. The number of nitrogens with one attached hydrogen (secondary N) is 2. The van der Waals surface area contributed by atoms with Crippen molar-refractivity contribution < 1.29 is 4.74 Å². The Morgan fingerprint density at radius 2 is 2.19 bits per heavy atom. The molecule has 7 heteroatoms. The fraction of sp³-hybridized carbons (Fsp3) is 0.250. The van der Waals surface area contributed by atoms with E-state index >= 15 is 0 Å². The van der Waals surface area contributed by atoms with Gasteiger partial charge >= 0.3 is 0 Å². The highest BCUT2D eigenvalue weighted by Gasteiger charge is 2.28. The van der Waals surface area contributed by atoms with Crippen LogP contribution < -0.4 is 0 Å². The van der Waals surface area contributed by atoms with Gasteiger partial charge in [0.1, 0.15) is 5.82 Å². The van der Waals surface area contributed by atoms with Gasteiger partial charge in [0.2, 0.25) is 0 Å². The first-order valence-electron chi connectivity index (χ1n) is 8.95. The van der Waals surface area contributed by atoms with Gasteiger partial charge in [-0.15, -0.1) is 11.3 Å². The van der Waals surface area contributed by atoms with Crippen LogP contribution in [0.3, 0.4) is 0 Å². The lowest BCUT2D eigenvalue weighted by Crippen LogP contribution is -2.39. The summed E-state index contributed by atoms with van der Waals surface area (Å²) < 4.78 is 6.55. The zero-order chi connectivity index (χ0) is 18.2. The number of benzene rings is 1. The standard InChI is InChI=1S/C20H19ClN4OS/c21-19-6-5-18(27-19)16-10-23-20(24-16)17-12-26-8-7-25(17)11-13-9-22-15-4-2-1-3-14(13)15/h1-6,9-10,17,22H,7-8,11-12H2,(H,23,24)/t17-/m0/s1. The van der Waals surface area contributed by atoms with Crippen molar-refractivity contribution in [3.63, 3.8) is 0 Å². The Kier molecular flexibility index (Phi) is 4.49. The van der Waals surface area contributed by atoms with Gasteiger partial charge in [-0.2, -0.15) is 0 Å². The number of aromatic amines is 2. The summed E-state index contributed by atoms with van der Waals surface area (Å²) in [7, 11) is 0. The van der Waals surface area contributed by atoms with Crippen LogP contribution in [0, 0.1) is 0 Å². The molecule has 0 saturated carbocycles. The Hall–Kier alpha value is -2.12. The molecule has 1 aromatic carbocycles. The number of hydrogen-bond acceptors (Lipinski definition) is 4. The highest BCUT2D eigenvalue weighted by Crippen LogP contribution is 2.32. The van der Waals surface area contributed by atoms with Crippen molar-refractivity contribution in [1.29, 1.82) is 0 Å². The molecule has 0 aliphatic carbocycles. The maximum absolute atomic E-state index is 6.07.